The zero-order valence-corrected chi connectivity index (χ0v) is 11.9. The Balaban J connectivity index is 2.01. The Hall–Kier alpha value is -1.07. The van der Waals surface area contributed by atoms with Gasteiger partial charge in [0.25, 0.3) is 0 Å². The number of benzene rings is 1. The summed E-state index contributed by atoms with van der Waals surface area (Å²) in [7, 11) is 1.95. The van der Waals surface area contributed by atoms with E-state index >= 15 is 0 Å². The second-order valence-electron chi connectivity index (χ2n) is 5.50. The molecule has 0 spiro atoms. The molecular weight excluding hydrogens is 265 g/mol. The Labute approximate surface area is 118 Å². The zero-order chi connectivity index (χ0) is 14.8. The maximum atomic E-state index is 12.5. The molecule has 0 radical (unpaired) electrons. The van der Waals surface area contributed by atoms with Crippen molar-refractivity contribution in [1.29, 1.82) is 0 Å². The smallest absolute Gasteiger partial charge is 0.319 e. The molecule has 2 nitrogen and oxygen atoms in total. The van der Waals surface area contributed by atoms with E-state index < -0.39 is 11.7 Å². The predicted octanol–water partition coefficient (Wildman–Crippen LogP) is 3.31. The van der Waals surface area contributed by atoms with E-state index in [1.54, 1.807) is 12.1 Å². The largest absolute Gasteiger partial charge is 0.416 e. The van der Waals surface area contributed by atoms with Gasteiger partial charge in [-0.25, -0.2) is 0 Å². The Morgan fingerprint density at radius 1 is 1.30 bits per heavy atom. The molecule has 0 aromatic heterocycles. The molecule has 2 rings (SSSR count). The van der Waals surface area contributed by atoms with Crippen molar-refractivity contribution in [3.8, 4) is 0 Å². The molecule has 2 atom stereocenters. The van der Waals surface area contributed by atoms with E-state index in [2.05, 4.69) is 17.1 Å². The van der Waals surface area contributed by atoms with Crippen molar-refractivity contribution in [2.24, 2.45) is 5.92 Å². The molecule has 1 aliphatic heterocycles. The molecule has 112 valence electrons. The molecule has 0 aliphatic carbocycles. The second-order valence-corrected chi connectivity index (χ2v) is 5.50. The molecule has 0 bridgehead atoms. The number of rotatable bonds is 4. The standard InChI is InChI=1S/C15H21F3N2/c1-11(20-8-7-12(10-20)9-19-2)13-3-5-14(6-4-13)15(16,17)18/h3-6,11-12,19H,7-10H2,1-2H3. The fourth-order valence-electron chi connectivity index (χ4n) is 2.83. The van der Waals surface area contributed by atoms with Crippen LogP contribution in [-0.2, 0) is 6.18 Å². The van der Waals surface area contributed by atoms with Crippen molar-refractivity contribution >= 4 is 0 Å². The summed E-state index contributed by atoms with van der Waals surface area (Å²) >= 11 is 0. The molecule has 1 N–H and O–H groups in total. The lowest BCUT2D eigenvalue weighted by molar-refractivity contribution is -0.137. The van der Waals surface area contributed by atoms with Crippen molar-refractivity contribution in [2.45, 2.75) is 25.6 Å². The van der Waals surface area contributed by atoms with Crippen molar-refractivity contribution in [2.75, 3.05) is 26.7 Å². The van der Waals surface area contributed by atoms with Gasteiger partial charge in [-0.3, -0.25) is 4.90 Å². The maximum absolute atomic E-state index is 12.5. The number of halogens is 3. The van der Waals surface area contributed by atoms with E-state index in [-0.39, 0.29) is 6.04 Å². The first-order chi connectivity index (χ1) is 9.41. The summed E-state index contributed by atoms with van der Waals surface area (Å²) in [4.78, 5) is 2.34. The SMILES string of the molecule is CNCC1CCN(C(C)c2ccc(C(F)(F)F)cc2)C1. The van der Waals surface area contributed by atoms with Gasteiger partial charge < -0.3 is 5.32 Å². The van der Waals surface area contributed by atoms with Crippen LogP contribution in [0.2, 0.25) is 0 Å². The molecule has 1 saturated heterocycles. The zero-order valence-electron chi connectivity index (χ0n) is 11.9. The number of hydrogen-bond acceptors (Lipinski definition) is 2. The monoisotopic (exact) mass is 286 g/mol. The van der Waals surface area contributed by atoms with Crippen LogP contribution >= 0.6 is 0 Å². The molecule has 0 amide bonds. The van der Waals surface area contributed by atoms with Crippen LogP contribution in [0.15, 0.2) is 24.3 Å². The number of alkyl halides is 3. The second kappa shape index (κ2) is 6.14. The topological polar surface area (TPSA) is 15.3 Å². The third-order valence-electron chi connectivity index (χ3n) is 4.08. The van der Waals surface area contributed by atoms with Crippen LogP contribution < -0.4 is 5.32 Å². The van der Waals surface area contributed by atoms with Crippen molar-refractivity contribution < 1.29 is 13.2 Å². The Morgan fingerprint density at radius 3 is 2.50 bits per heavy atom. The van der Waals surface area contributed by atoms with Crippen LogP contribution in [0.3, 0.4) is 0 Å². The van der Waals surface area contributed by atoms with E-state index in [0.717, 1.165) is 31.6 Å². The van der Waals surface area contributed by atoms with E-state index in [9.17, 15) is 13.2 Å². The van der Waals surface area contributed by atoms with Gasteiger partial charge in [0.1, 0.15) is 0 Å². The lowest BCUT2D eigenvalue weighted by Crippen LogP contribution is -2.27. The van der Waals surface area contributed by atoms with Crippen LogP contribution in [0, 0.1) is 5.92 Å². The number of likely N-dealkylation sites (tertiary alicyclic amines) is 1. The van der Waals surface area contributed by atoms with Gasteiger partial charge in [0.15, 0.2) is 0 Å². The van der Waals surface area contributed by atoms with Gasteiger partial charge in [-0.1, -0.05) is 12.1 Å². The maximum Gasteiger partial charge on any atom is 0.416 e. The molecule has 1 aromatic carbocycles. The van der Waals surface area contributed by atoms with Gasteiger partial charge in [0.05, 0.1) is 5.56 Å². The number of hydrogen-bond donors (Lipinski definition) is 1. The molecule has 20 heavy (non-hydrogen) atoms. The summed E-state index contributed by atoms with van der Waals surface area (Å²) in [6.07, 6.45) is -3.11. The molecule has 5 heteroatoms. The average molecular weight is 286 g/mol. The van der Waals surface area contributed by atoms with Crippen molar-refractivity contribution in [3.05, 3.63) is 35.4 Å². The molecular formula is C15H21F3N2. The summed E-state index contributed by atoms with van der Waals surface area (Å²) in [5.41, 5.74) is 0.367. The van der Waals surface area contributed by atoms with E-state index in [1.807, 2.05) is 7.05 Å². The molecule has 2 unspecified atom stereocenters. The quantitative estimate of drug-likeness (QED) is 0.913. The normalized spacial score (nSPS) is 22.1. The van der Waals surface area contributed by atoms with Gasteiger partial charge in [0.2, 0.25) is 0 Å². The summed E-state index contributed by atoms with van der Waals surface area (Å²) in [6, 6.07) is 5.71. The molecule has 0 saturated carbocycles. The predicted molar refractivity (Wildman–Crippen MR) is 73.5 cm³/mol. The fourth-order valence-corrected chi connectivity index (χ4v) is 2.83. The molecule has 1 fully saturated rings. The first kappa shape index (κ1) is 15.3. The van der Waals surface area contributed by atoms with Gasteiger partial charge >= 0.3 is 6.18 Å². The van der Waals surface area contributed by atoms with Crippen molar-refractivity contribution in [3.63, 3.8) is 0 Å². The lowest BCUT2D eigenvalue weighted by Gasteiger charge is -2.25. The Bertz CT molecular complexity index is 428. The first-order valence-electron chi connectivity index (χ1n) is 6.97. The number of nitrogens with zero attached hydrogens (tertiary/aromatic N) is 1. The summed E-state index contributed by atoms with van der Waals surface area (Å²) in [5, 5.41) is 3.18. The molecule has 1 heterocycles. The summed E-state index contributed by atoms with van der Waals surface area (Å²) in [5.74, 6) is 0.636. The van der Waals surface area contributed by atoms with E-state index in [1.165, 1.54) is 12.1 Å². The first-order valence-corrected chi connectivity index (χ1v) is 6.97. The summed E-state index contributed by atoms with van der Waals surface area (Å²) in [6.45, 7) is 5.07. The third-order valence-corrected chi connectivity index (χ3v) is 4.08. The molecule has 1 aromatic rings. The minimum atomic E-state index is -4.26. The summed E-state index contributed by atoms with van der Waals surface area (Å²) < 4.78 is 37.6. The van der Waals surface area contributed by atoms with Crippen LogP contribution in [0.25, 0.3) is 0 Å². The van der Waals surface area contributed by atoms with Gasteiger partial charge in [-0.2, -0.15) is 13.2 Å². The minimum Gasteiger partial charge on any atom is -0.319 e. The van der Waals surface area contributed by atoms with Crippen molar-refractivity contribution in [1.82, 2.24) is 10.2 Å². The van der Waals surface area contributed by atoms with Crippen LogP contribution in [0.1, 0.15) is 30.5 Å². The highest BCUT2D eigenvalue weighted by molar-refractivity contribution is 5.26. The Morgan fingerprint density at radius 2 is 1.95 bits per heavy atom. The Kier molecular flexibility index (Phi) is 4.70. The van der Waals surface area contributed by atoms with Gasteiger partial charge in [0, 0.05) is 12.6 Å². The average Bonchev–Trinajstić information content (AvgIpc) is 2.86. The number of nitrogens with one attached hydrogen (secondary N) is 1. The van der Waals surface area contributed by atoms with Crippen LogP contribution in [0.5, 0.6) is 0 Å². The van der Waals surface area contributed by atoms with Crippen LogP contribution in [0.4, 0.5) is 13.2 Å². The highest BCUT2D eigenvalue weighted by atomic mass is 19.4. The van der Waals surface area contributed by atoms with Gasteiger partial charge in [-0.15, -0.1) is 0 Å². The highest BCUT2D eigenvalue weighted by Crippen LogP contribution is 2.32. The van der Waals surface area contributed by atoms with Gasteiger partial charge in [-0.05, 0) is 57.1 Å². The van der Waals surface area contributed by atoms with E-state index in [0.29, 0.717) is 5.92 Å². The minimum absolute atomic E-state index is 0.166. The molecule has 1 aliphatic rings. The lowest BCUT2D eigenvalue weighted by atomic mass is 10.0. The third kappa shape index (κ3) is 3.52. The van der Waals surface area contributed by atoms with Crippen LogP contribution in [-0.4, -0.2) is 31.6 Å². The fraction of sp³-hybridized carbons (Fsp3) is 0.600. The van der Waals surface area contributed by atoms with E-state index in [4.69, 9.17) is 0 Å². The highest BCUT2D eigenvalue weighted by Gasteiger charge is 2.31.